The smallest absolute Gasteiger partial charge is 0.310 e. The van der Waals surface area contributed by atoms with E-state index in [0.717, 1.165) is 32.4 Å². The summed E-state index contributed by atoms with van der Waals surface area (Å²) >= 11 is 1.85. The van der Waals surface area contributed by atoms with Gasteiger partial charge in [-0.05, 0) is 37.9 Å². The molecule has 2 heterocycles. The van der Waals surface area contributed by atoms with Crippen molar-refractivity contribution in [1.82, 2.24) is 4.90 Å². The van der Waals surface area contributed by atoms with Crippen LogP contribution in [0.15, 0.2) is 12.1 Å². The number of carbonyl (C=O) groups is 1. The number of aryl methyl sites for hydroxylation is 1. The van der Waals surface area contributed by atoms with Gasteiger partial charge in [0.2, 0.25) is 0 Å². The molecule has 0 spiro atoms. The van der Waals surface area contributed by atoms with E-state index in [9.17, 15) is 9.90 Å². The van der Waals surface area contributed by atoms with E-state index in [0.29, 0.717) is 6.54 Å². The maximum absolute atomic E-state index is 11.4. The minimum absolute atomic E-state index is 0.509. The Morgan fingerprint density at radius 2 is 2.17 bits per heavy atom. The largest absolute Gasteiger partial charge is 0.481 e. The van der Waals surface area contributed by atoms with Crippen molar-refractivity contribution < 1.29 is 9.90 Å². The van der Waals surface area contributed by atoms with Crippen LogP contribution in [0.25, 0.3) is 0 Å². The Morgan fingerprint density at radius 1 is 1.44 bits per heavy atom. The molecule has 4 heteroatoms. The first-order valence-electron chi connectivity index (χ1n) is 6.63. The molecule has 0 aliphatic carbocycles. The molecule has 1 aliphatic rings. The van der Waals surface area contributed by atoms with Crippen molar-refractivity contribution in [1.29, 1.82) is 0 Å². The Bertz CT molecular complexity index is 429. The van der Waals surface area contributed by atoms with Crippen LogP contribution in [0.1, 0.15) is 36.4 Å². The molecule has 0 aromatic carbocycles. The van der Waals surface area contributed by atoms with Gasteiger partial charge in [-0.15, -0.1) is 11.3 Å². The number of thiophene rings is 1. The topological polar surface area (TPSA) is 40.5 Å². The molecule has 1 saturated heterocycles. The lowest BCUT2D eigenvalue weighted by molar-refractivity contribution is -0.148. The van der Waals surface area contributed by atoms with Crippen molar-refractivity contribution in [3.8, 4) is 0 Å². The number of likely N-dealkylation sites (tertiary alicyclic amines) is 1. The molecule has 2 rings (SSSR count). The molecular formula is C14H21NO2S. The SMILES string of the molecule is CCc1ccc(CN2CCC(CC)(C(=O)O)C2)s1. The van der Waals surface area contributed by atoms with Crippen molar-refractivity contribution in [3.05, 3.63) is 21.9 Å². The van der Waals surface area contributed by atoms with E-state index >= 15 is 0 Å². The minimum atomic E-state index is -0.632. The fourth-order valence-electron chi connectivity index (χ4n) is 2.63. The van der Waals surface area contributed by atoms with Gasteiger partial charge in [-0.25, -0.2) is 0 Å². The predicted octanol–water partition coefficient (Wildman–Crippen LogP) is 3.00. The minimum Gasteiger partial charge on any atom is -0.481 e. The Kier molecular flexibility index (Phi) is 4.07. The van der Waals surface area contributed by atoms with Gasteiger partial charge in [0.25, 0.3) is 0 Å². The molecule has 0 radical (unpaired) electrons. The summed E-state index contributed by atoms with van der Waals surface area (Å²) in [5.74, 6) is -0.632. The fourth-order valence-corrected chi connectivity index (χ4v) is 3.63. The molecule has 0 saturated carbocycles. The van der Waals surface area contributed by atoms with Crippen LogP contribution in [-0.2, 0) is 17.8 Å². The first kappa shape index (κ1) is 13.6. The molecular weight excluding hydrogens is 246 g/mol. The Labute approximate surface area is 112 Å². The summed E-state index contributed by atoms with van der Waals surface area (Å²) in [6.45, 7) is 6.65. The molecule has 1 unspecified atom stereocenters. The summed E-state index contributed by atoms with van der Waals surface area (Å²) < 4.78 is 0. The highest BCUT2D eigenvalue weighted by atomic mass is 32.1. The Balaban J connectivity index is 1.98. The van der Waals surface area contributed by atoms with Crippen LogP contribution in [0, 0.1) is 5.41 Å². The zero-order valence-corrected chi connectivity index (χ0v) is 11.9. The maximum Gasteiger partial charge on any atom is 0.310 e. The third-order valence-corrected chi connectivity index (χ3v) is 5.22. The second-order valence-corrected chi connectivity index (χ2v) is 6.37. The molecule has 1 fully saturated rings. The van der Waals surface area contributed by atoms with E-state index in [1.165, 1.54) is 9.75 Å². The van der Waals surface area contributed by atoms with Crippen LogP contribution in [0.5, 0.6) is 0 Å². The Morgan fingerprint density at radius 3 is 2.67 bits per heavy atom. The Hall–Kier alpha value is -0.870. The zero-order chi connectivity index (χ0) is 13.2. The number of rotatable bonds is 5. The highest BCUT2D eigenvalue weighted by molar-refractivity contribution is 7.11. The number of hydrogen-bond donors (Lipinski definition) is 1. The van der Waals surface area contributed by atoms with E-state index in [1.54, 1.807) is 0 Å². The monoisotopic (exact) mass is 267 g/mol. The van der Waals surface area contributed by atoms with E-state index in [2.05, 4.69) is 24.0 Å². The van der Waals surface area contributed by atoms with Gasteiger partial charge >= 0.3 is 5.97 Å². The van der Waals surface area contributed by atoms with Crippen molar-refractivity contribution >= 4 is 17.3 Å². The molecule has 1 aromatic rings. The molecule has 18 heavy (non-hydrogen) atoms. The first-order chi connectivity index (χ1) is 8.59. The lowest BCUT2D eigenvalue weighted by Crippen LogP contribution is -2.33. The molecule has 1 atom stereocenters. The summed E-state index contributed by atoms with van der Waals surface area (Å²) in [5.41, 5.74) is -0.509. The highest BCUT2D eigenvalue weighted by Gasteiger charge is 2.43. The van der Waals surface area contributed by atoms with Crippen molar-refractivity contribution in [3.63, 3.8) is 0 Å². The molecule has 0 amide bonds. The summed E-state index contributed by atoms with van der Waals surface area (Å²) in [6, 6.07) is 4.36. The fraction of sp³-hybridized carbons (Fsp3) is 0.643. The first-order valence-corrected chi connectivity index (χ1v) is 7.44. The van der Waals surface area contributed by atoms with Crippen LogP contribution in [-0.4, -0.2) is 29.1 Å². The number of carboxylic acids is 1. The van der Waals surface area contributed by atoms with Crippen molar-refractivity contribution in [2.45, 2.75) is 39.7 Å². The molecule has 1 aromatic heterocycles. The van der Waals surface area contributed by atoms with Gasteiger partial charge < -0.3 is 5.11 Å². The number of aliphatic carboxylic acids is 1. The maximum atomic E-state index is 11.4. The third-order valence-electron chi connectivity index (χ3n) is 4.01. The standard InChI is InChI=1S/C14H21NO2S/c1-3-11-5-6-12(18-11)9-15-8-7-14(4-2,10-15)13(16)17/h5-6H,3-4,7-10H2,1-2H3,(H,16,17). The number of hydrogen-bond acceptors (Lipinski definition) is 3. The van der Waals surface area contributed by atoms with Crippen molar-refractivity contribution in [2.75, 3.05) is 13.1 Å². The van der Waals surface area contributed by atoms with Gasteiger partial charge in [-0.1, -0.05) is 13.8 Å². The van der Waals surface area contributed by atoms with Gasteiger partial charge in [-0.3, -0.25) is 9.69 Å². The normalized spacial score (nSPS) is 24.6. The lowest BCUT2D eigenvalue weighted by atomic mass is 9.84. The van der Waals surface area contributed by atoms with Crippen LogP contribution < -0.4 is 0 Å². The lowest BCUT2D eigenvalue weighted by Gasteiger charge is -2.22. The summed E-state index contributed by atoms with van der Waals surface area (Å²) in [4.78, 5) is 16.4. The van der Waals surface area contributed by atoms with Crippen LogP contribution in [0.2, 0.25) is 0 Å². The quantitative estimate of drug-likeness (QED) is 0.891. The van der Waals surface area contributed by atoms with E-state index in [-0.39, 0.29) is 0 Å². The summed E-state index contributed by atoms with van der Waals surface area (Å²) in [5, 5.41) is 9.37. The van der Waals surface area contributed by atoms with Gasteiger partial charge in [0.05, 0.1) is 5.41 Å². The van der Waals surface area contributed by atoms with Crippen LogP contribution in [0.3, 0.4) is 0 Å². The van der Waals surface area contributed by atoms with E-state index in [4.69, 9.17) is 0 Å². The third kappa shape index (κ3) is 2.59. The van der Waals surface area contributed by atoms with Gasteiger partial charge in [0, 0.05) is 22.8 Å². The average Bonchev–Trinajstić information content (AvgIpc) is 2.97. The van der Waals surface area contributed by atoms with E-state index in [1.807, 2.05) is 18.3 Å². The summed E-state index contributed by atoms with van der Waals surface area (Å²) in [7, 11) is 0. The number of nitrogens with zero attached hydrogens (tertiary/aromatic N) is 1. The molecule has 3 nitrogen and oxygen atoms in total. The highest BCUT2D eigenvalue weighted by Crippen LogP contribution is 2.35. The van der Waals surface area contributed by atoms with Gasteiger partial charge in [-0.2, -0.15) is 0 Å². The predicted molar refractivity (Wildman–Crippen MR) is 74.0 cm³/mol. The van der Waals surface area contributed by atoms with Gasteiger partial charge in [0.1, 0.15) is 0 Å². The van der Waals surface area contributed by atoms with Crippen LogP contribution in [0.4, 0.5) is 0 Å². The molecule has 1 N–H and O–H groups in total. The second-order valence-electron chi connectivity index (χ2n) is 5.12. The van der Waals surface area contributed by atoms with Crippen molar-refractivity contribution in [2.24, 2.45) is 5.41 Å². The molecule has 100 valence electrons. The van der Waals surface area contributed by atoms with E-state index < -0.39 is 11.4 Å². The zero-order valence-electron chi connectivity index (χ0n) is 11.1. The second kappa shape index (κ2) is 5.41. The molecule has 1 aliphatic heterocycles. The average molecular weight is 267 g/mol. The van der Waals surface area contributed by atoms with Crippen LogP contribution >= 0.6 is 11.3 Å². The molecule has 0 bridgehead atoms. The summed E-state index contributed by atoms with van der Waals surface area (Å²) in [6.07, 6.45) is 2.59. The number of carboxylic acid groups (broad SMARTS) is 1. The van der Waals surface area contributed by atoms with Gasteiger partial charge in [0.15, 0.2) is 0 Å².